The van der Waals surface area contributed by atoms with E-state index < -0.39 is 8.32 Å². The summed E-state index contributed by atoms with van der Waals surface area (Å²) in [7, 11) is -1.71. The Bertz CT molecular complexity index is 378. The average Bonchev–Trinajstić information content (AvgIpc) is 2.27. The zero-order valence-corrected chi connectivity index (χ0v) is 13.9. The van der Waals surface area contributed by atoms with Gasteiger partial charge in [0.15, 0.2) is 8.32 Å². The second-order valence-corrected chi connectivity index (χ2v) is 11.2. The highest BCUT2D eigenvalue weighted by Gasteiger charge is 2.38. The fourth-order valence-corrected chi connectivity index (χ4v) is 2.92. The molecule has 0 radical (unpaired) electrons. The highest BCUT2D eigenvalue weighted by atomic mass is 28.4. The fourth-order valence-electron chi connectivity index (χ4n) is 1.56. The Morgan fingerprint density at radius 2 is 1.89 bits per heavy atom. The number of rotatable bonds is 4. The first-order valence-corrected chi connectivity index (χ1v) is 9.71. The summed E-state index contributed by atoms with van der Waals surface area (Å²) in [5, 5.41) is 0.241. The van der Waals surface area contributed by atoms with Gasteiger partial charge in [0, 0.05) is 6.20 Å². The molecule has 1 aromatic heterocycles. The summed E-state index contributed by atoms with van der Waals surface area (Å²) in [5.41, 5.74) is 2.32. The molecular weight excluding hydrogens is 238 g/mol. The van der Waals surface area contributed by atoms with Crippen LogP contribution < -0.4 is 0 Å². The molecule has 1 rings (SSSR count). The van der Waals surface area contributed by atoms with Crippen molar-refractivity contribution >= 4 is 8.32 Å². The van der Waals surface area contributed by atoms with Crippen LogP contribution in [0.3, 0.4) is 0 Å². The number of pyridine rings is 1. The minimum atomic E-state index is -1.71. The van der Waals surface area contributed by atoms with E-state index in [1.54, 1.807) is 0 Å². The summed E-state index contributed by atoms with van der Waals surface area (Å²) >= 11 is 0. The normalized spacial score (nSPS) is 14.6. The van der Waals surface area contributed by atoms with E-state index in [0.29, 0.717) is 0 Å². The molecule has 0 spiro atoms. The van der Waals surface area contributed by atoms with Gasteiger partial charge in [-0.1, -0.05) is 33.8 Å². The summed E-state index contributed by atoms with van der Waals surface area (Å²) in [6.45, 7) is 15.6. The van der Waals surface area contributed by atoms with E-state index >= 15 is 0 Å². The lowest BCUT2D eigenvalue weighted by Gasteiger charge is -2.38. The van der Waals surface area contributed by atoms with Gasteiger partial charge in [-0.25, -0.2) is 0 Å². The molecule has 0 aromatic carbocycles. The van der Waals surface area contributed by atoms with Crippen LogP contribution in [-0.4, -0.2) is 13.3 Å². The molecule has 0 saturated heterocycles. The van der Waals surface area contributed by atoms with Gasteiger partial charge < -0.3 is 4.43 Å². The second kappa shape index (κ2) is 5.53. The Hall–Kier alpha value is -0.673. The molecule has 2 nitrogen and oxygen atoms in total. The lowest BCUT2D eigenvalue weighted by Crippen LogP contribution is -2.41. The first-order valence-electron chi connectivity index (χ1n) is 6.80. The second-order valence-electron chi connectivity index (χ2n) is 6.47. The minimum Gasteiger partial charge on any atom is -0.409 e. The molecule has 0 aliphatic rings. The molecule has 1 aromatic rings. The van der Waals surface area contributed by atoms with E-state index in [0.717, 1.165) is 12.1 Å². The van der Waals surface area contributed by atoms with Crippen LogP contribution in [-0.2, 0) is 10.8 Å². The van der Waals surface area contributed by atoms with Crippen LogP contribution in [0.1, 0.15) is 52.0 Å². The van der Waals surface area contributed by atoms with Crippen molar-refractivity contribution in [2.24, 2.45) is 0 Å². The van der Waals surface area contributed by atoms with Crippen molar-refractivity contribution in [3.63, 3.8) is 0 Å². The molecular formula is C15H27NOSi. The third-order valence-corrected chi connectivity index (χ3v) is 8.51. The average molecular weight is 265 g/mol. The van der Waals surface area contributed by atoms with Crippen molar-refractivity contribution in [1.82, 2.24) is 4.98 Å². The number of nitrogens with zero attached hydrogens (tertiary/aromatic N) is 1. The van der Waals surface area contributed by atoms with Gasteiger partial charge >= 0.3 is 0 Å². The van der Waals surface area contributed by atoms with Gasteiger partial charge in [-0.3, -0.25) is 4.98 Å². The van der Waals surface area contributed by atoms with Crippen LogP contribution >= 0.6 is 0 Å². The van der Waals surface area contributed by atoms with Gasteiger partial charge in [0.25, 0.3) is 0 Å². The van der Waals surface area contributed by atoms with Crippen molar-refractivity contribution in [2.75, 3.05) is 0 Å². The van der Waals surface area contributed by atoms with Crippen molar-refractivity contribution < 1.29 is 4.43 Å². The maximum atomic E-state index is 6.34. The molecule has 0 aliphatic heterocycles. The Balaban J connectivity index is 2.78. The smallest absolute Gasteiger partial charge is 0.192 e. The highest BCUT2D eigenvalue weighted by molar-refractivity contribution is 6.74. The molecule has 0 aliphatic carbocycles. The van der Waals surface area contributed by atoms with Gasteiger partial charge in [-0.15, -0.1) is 0 Å². The zero-order chi connectivity index (χ0) is 14.0. The quantitative estimate of drug-likeness (QED) is 0.734. The van der Waals surface area contributed by atoms with Gasteiger partial charge in [0.2, 0.25) is 0 Å². The molecule has 3 heteroatoms. The fraction of sp³-hybridized carbons (Fsp3) is 0.667. The standard InChI is InChI=1S/C15H27NOSi/c1-8-13-9-10-14(16-11-13)12(2)17-18(6,7)15(3,4)5/h9-12H,8H2,1-7H3. The van der Waals surface area contributed by atoms with E-state index in [2.05, 4.69) is 64.8 Å². The van der Waals surface area contributed by atoms with Crippen LogP contribution in [0.4, 0.5) is 0 Å². The number of hydrogen-bond donors (Lipinski definition) is 0. The number of hydrogen-bond acceptors (Lipinski definition) is 2. The Morgan fingerprint density at radius 1 is 1.28 bits per heavy atom. The zero-order valence-electron chi connectivity index (χ0n) is 12.9. The third-order valence-electron chi connectivity index (χ3n) is 3.95. The van der Waals surface area contributed by atoms with Gasteiger partial charge in [0.1, 0.15) is 0 Å². The predicted octanol–water partition coefficient (Wildman–Crippen LogP) is 4.73. The van der Waals surface area contributed by atoms with Gasteiger partial charge in [-0.2, -0.15) is 0 Å². The molecule has 0 N–H and O–H groups in total. The topological polar surface area (TPSA) is 22.1 Å². The lowest BCUT2D eigenvalue weighted by molar-refractivity contribution is 0.198. The molecule has 0 amide bonds. The Kier molecular flexibility index (Phi) is 4.73. The first kappa shape index (κ1) is 15.4. The van der Waals surface area contributed by atoms with E-state index in [9.17, 15) is 0 Å². The monoisotopic (exact) mass is 265 g/mol. The molecule has 1 heterocycles. The molecule has 0 bridgehead atoms. The van der Waals surface area contributed by atoms with Crippen LogP contribution in [0.5, 0.6) is 0 Å². The number of aryl methyl sites for hydroxylation is 1. The van der Waals surface area contributed by atoms with E-state index in [1.165, 1.54) is 5.56 Å². The SMILES string of the molecule is CCc1ccc(C(C)O[Si](C)(C)C(C)(C)C)nc1. The maximum Gasteiger partial charge on any atom is 0.192 e. The Labute approximate surface area is 113 Å². The van der Waals surface area contributed by atoms with E-state index in [4.69, 9.17) is 4.43 Å². The molecule has 18 heavy (non-hydrogen) atoms. The molecule has 0 fully saturated rings. The lowest BCUT2D eigenvalue weighted by atomic mass is 10.2. The molecule has 102 valence electrons. The first-order chi connectivity index (χ1) is 8.17. The highest BCUT2D eigenvalue weighted by Crippen LogP contribution is 2.39. The van der Waals surface area contributed by atoms with E-state index in [1.807, 2.05) is 6.20 Å². The number of aromatic nitrogens is 1. The summed E-state index contributed by atoms with van der Waals surface area (Å²) in [5.74, 6) is 0. The van der Waals surface area contributed by atoms with Gasteiger partial charge in [0.05, 0.1) is 11.8 Å². The largest absolute Gasteiger partial charge is 0.409 e. The summed E-state index contributed by atoms with van der Waals surface area (Å²) in [6.07, 6.45) is 3.07. The summed E-state index contributed by atoms with van der Waals surface area (Å²) in [4.78, 5) is 4.51. The summed E-state index contributed by atoms with van der Waals surface area (Å²) in [6, 6.07) is 4.24. The molecule has 1 atom stereocenters. The Morgan fingerprint density at radius 3 is 2.28 bits per heavy atom. The predicted molar refractivity (Wildman–Crippen MR) is 80.3 cm³/mol. The minimum absolute atomic E-state index is 0.0804. The third kappa shape index (κ3) is 3.66. The van der Waals surface area contributed by atoms with Crippen molar-refractivity contribution in [3.8, 4) is 0 Å². The molecule has 1 unspecified atom stereocenters. The van der Waals surface area contributed by atoms with Crippen LogP contribution in [0, 0.1) is 0 Å². The summed E-state index contributed by atoms with van der Waals surface area (Å²) < 4.78 is 6.34. The van der Waals surface area contributed by atoms with Gasteiger partial charge in [-0.05, 0) is 43.1 Å². The van der Waals surface area contributed by atoms with Crippen molar-refractivity contribution in [3.05, 3.63) is 29.6 Å². The van der Waals surface area contributed by atoms with Crippen molar-refractivity contribution in [1.29, 1.82) is 0 Å². The van der Waals surface area contributed by atoms with Crippen LogP contribution in [0.25, 0.3) is 0 Å². The van der Waals surface area contributed by atoms with Crippen LogP contribution in [0.2, 0.25) is 18.1 Å². The van der Waals surface area contributed by atoms with E-state index in [-0.39, 0.29) is 11.1 Å². The van der Waals surface area contributed by atoms with Crippen molar-refractivity contribution in [2.45, 2.75) is 65.3 Å². The molecule has 0 saturated carbocycles. The van der Waals surface area contributed by atoms with Crippen LogP contribution in [0.15, 0.2) is 18.3 Å². The maximum absolute atomic E-state index is 6.34.